The zero-order chi connectivity index (χ0) is 18.1. The van der Waals surface area contributed by atoms with Crippen molar-refractivity contribution < 1.29 is 9.47 Å². The van der Waals surface area contributed by atoms with Crippen molar-refractivity contribution in [2.75, 3.05) is 20.0 Å². The zero-order valence-electron chi connectivity index (χ0n) is 15.3. The Bertz CT molecular complexity index is 812. The number of hydrogen-bond donors (Lipinski definition) is 0. The van der Waals surface area contributed by atoms with Crippen molar-refractivity contribution in [1.82, 2.24) is 9.88 Å². The van der Waals surface area contributed by atoms with E-state index in [4.69, 9.17) is 14.5 Å². The number of amidine groups is 1. The van der Waals surface area contributed by atoms with Crippen molar-refractivity contribution >= 4 is 16.9 Å². The molecule has 0 saturated carbocycles. The number of thioether (sulfide) groups is 1. The number of rotatable bonds is 5. The topological polar surface area (TPSA) is 47.0 Å². The van der Waals surface area contributed by atoms with Crippen molar-refractivity contribution in [2.45, 2.75) is 31.5 Å². The number of aromatic nitrogens is 1. The van der Waals surface area contributed by atoms with Crippen LogP contribution in [0.1, 0.15) is 36.7 Å². The maximum atomic E-state index is 5.54. The molecule has 136 valence electrons. The van der Waals surface area contributed by atoms with Crippen LogP contribution in [0.3, 0.4) is 0 Å². The fourth-order valence-electron chi connectivity index (χ4n) is 3.75. The first-order valence-corrected chi connectivity index (χ1v) is 9.87. The smallest absolute Gasteiger partial charge is 0.161 e. The molecule has 0 unspecified atom stereocenters. The third-order valence-corrected chi connectivity index (χ3v) is 6.20. The molecular weight excluding hydrogens is 346 g/mol. The fraction of sp³-hybridized carbons (Fsp3) is 0.400. The van der Waals surface area contributed by atoms with E-state index in [0.717, 1.165) is 34.5 Å². The summed E-state index contributed by atoms with van der Waals surface area (Å²) < 4.78 is 11.0. The molecule has 0 aliphatic carbocycles. The lowest BCUT2D eigenvalue weighted by Gasteiger charge is -2.32. The van der Waals surface area contributed by atoms with Gasteiger partial charge in [-0.15, -0.1) is 0 Å². The highest BCUT2D eigenvalue weighted by Gasteiger charge is 2.45. The lowest BCUT2D eigenvalue weighted by molar-refractivity contribution is 0.254. The molecule has 3 atom stereocenters. The molecule has 3 heterocycles. The molecule has 1 saturated heterocycles. The van der Waals surface area contributed by atoms with Crippen molar-refractivity contribution in [3.05, 3.63) is 53.9 Å². The highest BCUT2D eigenvalue weighted by molar-refractivity contribution is 8.14. The van der Waals surface area contributed by atoms with Gasteiger partial charge in [0.25, 0.3) is 0 Å². The highest BCUT2D eigenvalue weighted by atomic mass is 32.2. The van der Waals surface area contributed by atoms with Crippen molar-refractivity contribution in [2.24, 2.45) is 4.99 Å². The Labute approximate surface area is 158 Å². The van der Waals surface area contributed by atoms with Gasteiger partial charge < -0.3 is 14.4 Å². The van der Waals surface area contributed by atoms with Crippen LogP contribution in [-0.4, -0.2) is 41.1 Å². The van der Waals surface area contributed by atoms with Gasteiger partial charge in [-0.05, 0) is 36.2 Å². The molecule has 1 fully saturated rings. The van der Waals surface area contributed by atoms with E-state index in [0.29, 0.717) is 6.04 Å². The van der Waals surface area contributed by atoms with Crippen LogP contribution in [0.4, 0.5) is 0 Å². The van der Waals surface area contributed by atoms with Crippen molar-refractivity contribution in [3.63, 3.8) is 0 Å². The van der Waals surface area contributed by atoms with Gasteiger partial charge in [-0.3, -0.25) is 9.98 Å². The first-order chi connectivity index (χ1) is 12.8. The molecule has 0 bridgehead atoms. The number of hydrogen-bond acceptors (Lipinski definition) is 6. The van der Waals surface area contributed by atoms with Crippen LogP contribution in [-0.2, 0) is 0 Å². The van der Waals surface area contributed by atoms with E-state index in [2.05, 4.69) is 35.0 Å². The summed E-state index contributed by atoms with van der Waals surface area (Å²) in [6.45, 7) is 2.24. The molecule has 0 N–H and O–H groups in total. The summed E-state index contributed by atoms with van der Waals surface area (Å²) in [5.41, 5.74) is 2.18. The molecular formula is C20H23N3O2S. The van der Waals surface area contributed by atoms with Gasteiger partial charge in [-0.2, -0.15) is 0 Å². The molecule has 2 aromatic rings. The van der Waals surface area contributed by atoms with Crippen LogP contribution in [0.2, 0.25) is 0 Å². The molecule has 4 rings (SSSR count). The van der Waals surface area contributed by atoms with Gasteiger partial charge in [-0.25, -0.2) is 0 Å². The molecule has 6 heteroatoms. The number of nitrogens with zero attached hydrogens (tertiary/aromatic N) is 3. The van der Waals surface area contributed by atoms with Crippen LogP contribution in [0.15, 0.2) is 47.6 Å². The summed E-state index contributed by atoms with van der Waals surface area (Å²) in [5, 5.41) is 1.13. The minimum Gasteiger partial charge on any atom is -0.493 e. The van der Waals surface area contributed by atoms with E-state index in [-0.39, 0.29) is 12.1 Å². The van der Waals surface area contributed by atoms with Crippen LogP contribution >= 0.6 is 11.8 Å². The van der Waals surface area contributed by atoms with Gasteiger partial charge in [0.2, 0.25) is 0 Å². The Morgan fingerprint density at radius 1 is 1.15 bits per heavy atom. The van der Waals surface area contributed by atoms with Gasteiger partial charge in [-0.1, -0.05) is 30.8 Å². The lowest BCUT2D eigenvalue weighted by Crippen LogP contribution is -2.35. The Balaban J connectivity index is 1.79. The Morgan fingerprint density at radius 2 is 2.00 bits per heavy atom. The number of ether oxygens (including phenoxy) is 2. The van der Waals surface area contributed by atoms with E-state index in [1.165, 1.54) is 5.56 Å². The van der Waals surface area contributed by atoms with E-state index >= 15 is 0 Å². The van der Waals surface area contributed by atoms with Gasteiger partial charge >= 0.3 is 0 Å². The number of aliphatic imine (C=N–C) groups is 1. The second-order valence-electron chi connectivity index (χ2n) is 6.45. The van der Waals surface area contributed by atoms with E-state index in [9.17, 15) is 0 Å². The first kappa shape index (κ1) is 17.2. The Morgan fingerprint density at radius 3 is 2.69 bits per heavy atom. The molecule has 0 spiro atoms. The normalized spacial score (nSPS) is 24.3. The molecule has 26 heavy (non-hydrogen) atoms. The monoisotopic (exact) mass is 369 g/mol. The summed E-state index contributed by atoms with van der Waals surface area (Å²) in [7, 11) is 3.34. The molecule has 5 nitrogen and oxygen atoms in total. The average molecular weight is 369 g/mol. The van der Waals surface area contributed by atoms with Crippen LogP contribution < -0.4 is 9.47 Å². The summed E-state index contributed by atoms with van der Waals surface area (Å²) in [4.78, 5) is 12.1. The number of fused-ring (bicyclic) bond motifs is 1. The summed E-state index contributed by atoms with van der Waals surface area (Å²) in [6, 6.07) is 12.8. The molecule has 0 amide bonds. The van der Waals surface area contributed by atoms with Gasteiger partial charge in [0.1, 0.15) is 6.04 Å². The van der Waals surface area contributed by atoms with Crippen LogP contribution in [0, 0.1) is 0 Å². The Kier molecular flexibility index (Phi) is 4.76. The predicted octanol–water partition coefficient (Wildman–Crippen LogP) is 4.08. The van der Waals surface area contributed by atoms with E-state index < -0.39 is 0 Å². The second-order valence-corrected chi connectivity index (χ2v) is 7.44. The van der Waals surface area contributed by atoms with Gasteiger partial charge in [0.15, 0.2) is 16.7 Å². The lowest BCUT2D eigenvalue weighted by atomic mass is 9.95. The standard InChI is InChI=1S/C20H23N3O2S/c1-4-14-12-26-20-22-18(15-7-5-6-10-21-15)19(23(14)20)13-8-9-16(24-2)17(11-13)25-3/h5-11,14,18-19H,4,12H2,1-3H3/t14-,18-,19+/m0/s1. The summed E-state index contributed by atoms with van der Waals surface area (Å²) >= 11 is 1.85. The molecule has 2 aliphatic rings. The number of pyridine rings is 1. The zero-order valence-corrected chi connectivity index (χ0v) is 16.1. The fourth-order valence-corrected chi connectivity index (χ4v) is 5.08. The average Bonchev–Trinajstić information content (AvgIpc) is 3.27. The molecule has 0 radical (unpaired) electrons. The van der Waals surface area contributed by atoms with Gasteiger partial charge in [0, 0.05) is 18.0 Å². The minimum absolute atomic E-state index is 0.00819. The number of methoxy groups -OCH3 is 2. The van der Waals surface area contributed by atoms with Crippen LogP contribution in [0.5, 0.6) is 11.5 Å². The maximum absolute atomic E-state index is 5.54. The van der Waals surface area contributed by atoms with Crippen LogP contribution in [0.25, 0.3) is 0 Å². The van der Waals surface area contributed by atoms with Crippen molar-refractivity contribution in [1.29, 1.82) is 0 Å². The Hall–Kier alpha value is -2.21. The largest absolute Gasteiger partial charge is 0.493 e. The SMILES string of the molecule is CC[C@H]1CSC2=N[C@@H](c3ccccn3)[C@@H](c3ccc(OC)c(OC)c3)N21. The molecule has 2 aliphatic heterocycles. The quantitative estimate of drug-likeness (QED) is 0.795. The third kappa shape index (κ3) is 2.82. The minimum atomic E-state index is -0.00819. The second kappa shape index (κ2) is 7.19. The highest BCUT2D eigenvalue weighted by Crippen LogP contribution is 2.49. The van der Waals surface area contributed by atoms with Gasteiger partial charge in [0.05, 0.1) is 26.0 Å². The summed E-state index contributed by atoms with van der Waals surface area (Å²) in [6.07, 6.45) is 2.94. The summed E-state index contributed by atoms with van der Waals surface area (Å²) in [5.74, 6) is 2.58. The van der Waals surface area contributed by atoms with E-state index in [1.54, 1.807) is 14.2 Å². The number of benzene rings is 1. The molecule has 1 aromatic heterocycles. The van der Waals surface area contributed by atoms with E-state index in [1.807, 2.05) is 36.2 Å². The van der Waals surface area contributed by atoms with Crippen molar-refractivity contribution in [3.8, 4) is 11.5 Å². The molecule has 1 aromatic carbocycles. The first-order valence-electron chi connectivity index (χ1n) is 8.88. The maximum Gasteiger partial charge on any atom is 0.161 e. The third-order valence-electron chi connectivity index (χ3n) is 5.08. The predicted molar refractivity (Wildman–Crippen MR) is 105 cm³/mol.